The Hall–Kier alpha value is -1.58. The van der Waals surface area contributed by atoms with Crippen LogP contribution in [0.2, 0.25) is 0 Å². The van der Waals surface area contributed by atoms with Gasteiger partial charge in [-0.25, -0.2) is 17.5 Å². The SMILES string of the molecule is C[C@H](CO)NS(=O)(=O)c1ccc(F)cc1[N+](=O)[O-]. The van der Waals surface area contributed by atoms with E-state index in [2.05, 4.69) is 0 Å². The van der Waals surface area contributed by atoms with E-state index in [4.69, 9.17) is 5.11 Å². The molecule has 7 nitrogen and oxygen atoms in total. The molecule has 0 saturated carbocycles. The Morgan fingerprint density at radius 1 is 1.56 bits per heavy atom. The predicted molar refractivity (Wildman–Crippen MR) is 59.9 cm³/mol. The number of sulfonamides is 1. The first-order valence-corrected chi connectivity index (χ1v) is 6.33. The van der Waals surface area contributed by atoms with Gasteiger partial charge in [0.15, 0.2) is 4.90 Å². The fourth-order valence-corrected chi connectivity index (χ4v) is 2.61. The minimum absolute atomic E-state index is 0.464. The molecule has 0 spiro atoms. The Bertz CT molecular complexity index is 560. The maximum atomic E-state index is 12.9. The van der Waals surface area contributed by atoms with E-state index in [1.165, 1.54) is 6.92 Å². The molecule has 0 amide bonds. The number of nitrogens with one attached hydrogen (secondary N) is 1. The first-order chi connectivity index (χ1) is 8.27. The topological polar surface area (TPSA) is 110 Å². The normalized spacial score (nSPS) is 13.3. The lowest BCUT2D eigenvalue weighted by atomic mass is 10.3. The van der Waals surface area contributed by atoms with Crippen LogP contribution in [0.3, 0.4) is 0 Å². The molecule has 18 heavy (non-hydrogen) atoms. The van der Waals surface area contributed by atoms with Crippen molar-refractivity contribution in [2.45, 2.75) is 17.9 Å². The minimum atomic E-state index is -4.18. The van der Waals surface area contributed by atoms with Gasteiger partial charge in [0.1, 0.15) is 5.82 Å². The van der Waals surface area contributed by atoms with Gasteiger partial charge in [0.25, 0.3) is 5.69 Å². The zero-order valence-corrected chi connectivity index (χ0v) is 10.1. The molecule has 0 aliphatic heterocycles. The van der Waals surface area contributed by atoms with E-state index in [0.29, 0.717) is 6.07 Å². The number of nitro groups is 1. The average Bonchev–Trinajstić information content (AvgIpc) is 2.27. The van der Waals surface area contributed by atoms with Gasteiger partial charge in [-0.05, 0) is 19.1 Å². The van der Waals surface area contributed by atoms with Gasteiger partial charge in [0, 0.05) is 6.04 Å². The quantitative estimate of drug-likeness (QED) is 0.598. The van der Waals surface area contributed by atoms with Crippen LogP contribution in [-0.4, -0.2) is 31.1 Å². The third kappa shape index (κ3) is 3.22. The van der Waals surface area contributed by atoms with E-state index in [-0.39, 0.29) is 0 Å². The lowest BCUT2D eigenvalue weighted by molar-refractivity contribution is -0.388. The summed E-state index contributed by atoms with van der Waals surface area (Å²) in [6.07, 6.45) is 0. The molecule has 0 radical (unpaired) electrons. The van der Waals surface area contributed by atoms with Gasteiger partial charge < -0.3 is 5.11 Å². The van der Waals surface area contributed by atoms with Crippen LogP contribution < -0.4 is 4.72 Å². The maximum Gasteiger partial charge on any atom is 0.292 e. The zero-order valence-electron chi connectivity index (χ0n) is 9.33. The van der Waals surface area contributed by atoms with Gasteiger partial charge in [0.05, 0.1) is 17.6 Å². The van der Waals surface area contributed by atoms with E-state index >= 15 is 0 Å². The number of hydrogen-bond acceptors (Lipinski definition) is 5. The van der Waals surface area contributed by atoms with Gasteiger partial charge in [-0.1, -0.05) is 0 Å². The van der Waals surface area contributed by atoms with Gasteiger partial charge >= 0.3 is 0 Å². The highest BCUT2D eigenvalue weighted by Crippen LogP contribution is 2.24. The number of benzene rings is 1. The van der Waals surface area contributed by atoms with Gasteiger partial charge in [-0.3, -0.25) is 10.1 Å². The van der Waals surface area contributed by atoms with Crippen molar-refractivity contribution in [1.29, 1.82) is 0 Å². The third-order valence-corrected chi connectivity index (χ3v) is 3.67. The molecule has 1 aromatic carbocycles. The van der Waals surface area contributed by atoms with Crippen LogP contribution >= 0.6 is 0 Å². The van der Waals surface area contributed by atoms with Crippen molar-refractivity contribution >= 4 is 15.7 Å². The highest BCUT2D eigenvalue weighted by molar-refractivity contribution is 7.89. The number of halogens is 1. The Balaban J connectivity index is 3.28. The number of aliphatic hydroxyl groups excluding tert-OH is 1. The van der Waals surface area contributed by atoms with E-state index in [0.717, 1.165) is 12.1 Å². The maximum absolute atomic E-state index is 12.9. The molecular formula is C9H11FN2O5S. The smallest absolute Gasteiger partial charge is 0.292 e. The molecule has 0 fully saturated rings. The average molecular weight is 278 g/mol. The second-order valence-electron chi connectivity index (χ2n) is 3.57. The summed E-state index contributed by atoms with van der Waals surface area (Å²) in [5.41, 5.74) is -0.854. The molecule has 0 heterocycles. The van der Waals surface area contributed by atoms with Crippen LogP contribution in [0.1, 0.15) is 6.92 Å². The van der Waals surface area contributed by atoms with Crippen LogP contribution in [0.15, 0.2) is 23.1 Å². The summed E-state index contributed by atoms with van der Waals surface area (Å²) in [6, 6.07) is 1.34. The number of nitrogens with zero attached hydrogens (tertiary/aromatic N) is 1. The summed E-state index contributed by atoms with van der Waals surface area (Å²) in [4.78, 5) is 9.04. The summed E-state index contributed by atoms with van der Waals surface area (Å²) in [6.45, 7) is 0.918. The van der Waals surface area contributed by atoms with E-state index in [1.807, 2.05) is 4.72 Å². The van der Waals surface area contributed by atoms with E-state index in [1.54, 1.807) is 0 Å². The first-order valence-electron chi connectivity index (χ1n) is 4.85. The second kappa shape index (κ2) is 5.38. The molecule has 0 bridgehead atoms. The Morgan fingerprint density at radius 2 is 2.17 bits per heavy atom. The molecule has 0 aliphatic rings. The predicted octanol–water partition coefficient (Wildman–Crippen LogP) is 0.393. The minimum Gasteiger partial charge on any atom is -0.395 e. The molecule has 0 aromatic heterocycles. The molecule has 100 valence electrons. The van der Waals surface area contributed by atoms with Crippen molar-refractivity contribution < 1.29 is 22.8 Å². The van der Waals surface area contributed by atoms with Gasteiger partial charge in [-0.2, -0.15) is 0 Å². The monoisotopic (exact) mass is 278 g/mol. The molecule has 9 heteroatoms. The third-order valence-electron chi connectivity index (χ3n) is 2.04. The second-order valence-corrected chi connectivity index (χ2v) is 5.26. The fourth-order valence-electron chi connectivity index (χ4n) is 1.23. The first kappa shape index (κ1) is 14.5. The lowest BCUT2D eigenvalue weighted by Crippen LogP contribution is -2.35. The molecule has 2 N–H and O–H groups in total. The summed E-state index contributed by atoms with van der Waals surface area (Å²) in [5.74, 6) is -0.907. The highest BCUT2D eigenvalue weighted by Gasteiger charge is 2.27. The number of rotatable bonds is 5. The van der Waals surface area contributed by atoms with Crippen LogP contribution in [0.4, 0.5) is 10.1 Å². The summed E-state index contributed by atoms with van der Waals surface area (Å²) >= 11 is 0. The van der Waals surface area contributed by atoms with Gasteiger partial charge in [0.2, 0.25) is 10.0 Å². The Labute approximate surface area is 102 Å². The van der Waals surface area contributed by atoms with E-state index < -0.39 is 44.0 Å². The van der Waals surface area contributed by atoms with Crippen molar-refractivity contribution in [3.63, 3.8) is 0 Å². The molecule has 1 aromatic rings. The largest absolute Gasteiger partial charge is 0.395 e. The number of hydrogen-bond donors (Lipinski definition) is 2. The van der Waals surface area contributed by atoms with Crippen molar-refractivity contribution in [3.8, 4) is 0 Å². The molecule has 1 atom stereocenters. The Morgan fingerprint density at radius 3 is 2.67 bits per heavy atom. The van der Waals surface area contributed by atoms with Crippen molar-refractivity contribution in [2.75, 3.05) is 6.61 Å². The molecular weight excluding hydrogens is 267 g/mol. The molecule has 0 saturated heterocycles. The van der Waals surface area contributed by atoms with Crippen molar-refractivity contribution in [1.82, 2.24) is 4.72 Å². The fraction of sp³-hybridized carbons (Fsp3) is 0.333. The Kier molecular flexibility index (Phi) is 4.33. The summed E-state index contributed by atoms with van der Waals surface area (Å²) in [5, 5.41) is 19.4. The van der Waals surface area contributed by atoms with Crippen molar-refractivity contribution in [3.05, 3.63) is 34.1 Å². The van der Waals surface area contributed by atoms with Gasteiger partial charge in [-0.15, -0.1) is 0 Å². The molecule has 1 rings (SSSR count). The highest BCUT2D eigenvalue weighted by atomic mass is 32.2. The summed E-state index contributed by atoms with van der Waals surface area (Å²) in [7, 11) is -4.18. The lowest BCUT2D eigenvalue weighted by Gasteiger charge is -2.11. The standard InChI is InChI=1S/C9H11FN2O5S/c1-6(5-13)11-18(16,17)9-3-2-7(10)4-8(9)12(14)15/h2-4,6,11,13H,5H2,1H3/t6-/m1/s1. The number of nitro benzene ring substituents is 1. The van der Waals surface area contributed by atoms with Crippen LogP contribution in [-0.2, 0) is 10.0 Å². The number of aliphatic hydroxyl groups is 1. The van der Waals surface area contributed by atoms with E-state index in [9.17, 15) is 22.9 Å². The van der Waals surface area contributed by atoms with Crippen LogP contribution in [0.25, 0.3) is 0 Å². The molecule has 0 unspecified atom stereocenters. The summed E-state index contributed by atoms with van der Waals surface area (Å²) < 4.78 is 38.5. The van der Waals surface area contributed by atoms with Crippen LogP contribution in [0, 0.1) is 15.9 Å². The zero-order chi connectivity index (χ0) is 13.9. The molecule has 0 aliphatic carbocycles. The van der Waals surface area contributed by atoms with Crippen LogP contribution in [0.5, 0.6) is 0 Å². The van der Waals surface area contributed by atoms with Crippen molar-refractivity contribution in [2.24, 2.45) is 0 Å².